The molecule has 3 heteroatoms. The van der Waals surface area contributed by atoms with E-state index in [0.29, 0.717) is 23.9 Å². The quantitative estimate of drug-likeness (QED) is 0.839. The van der Waals surface area contributed by atoms with Crippen LogP contribution in [0.2, 0.25) is 0 Å². The van der Waals surface area contributed by atoms with Crippen LogP contribution in [0.15, 0.2) is 18.2 Å². The van der Waals surface area contributed by atoms with E-state index in [2.05, 4.69) is 24.1 Å². The maximum absolute atomic E-state index is 12.3. The Morgan fingerprint density at radius 1 is 1.43 bits per heavy atom. The van der Waals surface area contributed by atoms with Crippen molar-refractivity contribution in [1.82, 2.24) is 5.32 Å². The first-order valence-electron chi connectivity index (χ1n) is 7.61. The van der Waals surface area contributed by atoms with E-state index in [1.807, 2.05) is 25.1 Å². The fourth-order valence-corrected chi connectivity index (χ4v) is 2.72. The molecule has 2 N–H and O–H groups in total. The van der Waals surface area contributed by atoms with Gasteiger partial charge >= 0.3 is 0 Å². The first-order valence-corrected chi connectivity index (χ1v) is 7.61. The number of carbonyl (C=O) groups excluding carboxylic acids is 1. The summed E-state index contributed by atoms with van der Waals surface area (Å²) in [5.74, 6) is 6.61. The van der Waals surface area contributed by atoms with E-state index in [0.717, 1.165) is 24.0 Å². The monoisotopic (exact) mass is 285 g/mol. The number of amides is 1. The van der Waals surface area contributed by atoms with Gasteiger partial charge in [-0.2, -0.15) is 0 Å². The summed E-state index contributed by atoms with van der Waals surface area (Å²) in [5.41, 5.74) is 2.57. The van der Waals surface area contributed by atoms with E-state index in [4.69, 9.17) is 5.11 Å². The van der Waals surface area contributed by atoms with Crippen LogP contribution >= 0.6 is 0 Å². The summed E-state index contributed by atoms with van der Waals surface area (Å²) < 4.78 is 0. The molecule has 1 amide bonds. The van der Waals surface area contributed by atoms with Gasteiger partial charge in [-0.25, -0.2) is 0 Å². The van der Waals surface area contributed by atoms with Crippen LogP contribution in [0.5, 0.6) is 0 Å². The van der Waals surface area contributed by atoms with Gasteiger partial charge in [-0.1, -0.05) is 24.8 Å². The predicted molar refractivity (Wildman–Crippen MR) is 84.0 cm³/mol. The predicted octanol–water partition coefficient (Wildman–Crippen LogP) is 2.65. The van der Waals surface area contributed by atoms with Crippen LogP contribution in [0.4, 0.5) is 0 Å². The third kappa shape index (κ3) is 4.34. The van der Waals surface area contributed by atoms with E-state index in [9.17, 15) is 4.79 Å². The molecule has 1 aliphatic carbocycles. The Balaban J connectivity index is 2.07. The normalized spacial score (nSPS) is 20.7. The summed E-state index contributed by atoms with van der Waals surface area (Å²) in [4.78, 5) is 12.3. The van der Waals surface area contributed by atoms with Crippen molar-refractivity contribution in [3.63, 3.8) is 0 Å². The lowest BCUT2D eigenvalue weighted by molar-refractivity contribution is 0.0937. The second-order valence-electron chi connectivity index (χ2n) is 5.89. The summed E-state index contributed by atoms with van der Waals surface area (Å²) in [5, 5.41) is 11.9. The van der Waals surface area contributed by atoms with E-state index in [-0.39, 0.29) is 12.5 Å². The average molecular weight is 285 g/mol. The van der Waals surface area contributed by atoms with Crippen LogP contribution in [0, 0.1) is 24.7 Å². The molecule has 2 atom stereocenters. The van der Waals surface area contributed by atoms with Crippen molar-refractivity contribution in [3.8, 4) is 11.8 Å². The van der Waals surface area contributed by atoms with Gasteiger partial charge in [-0.05, 0) is 49.8 Å². The number of aryl methyl sites for hydroxylation is 1. The highest BCUT2D eigenvalue weighted by molar-refractivity contribution is 5.94. The lowest BCUT2D eigenvalue weighted by Crippen LogP contribution is -2.32. The highest BCUT2D eigenvalue weighted by Gasteiger charge is 2.23. The molecule has 3 nitrogen and oxygen atoms in total. The molecule has 2 rings (SSSR count). The zero-order valence-corrected chi connectivity index (χ0v) is 12.8. The summed E-state index contributed by atoms with van der Waals surface area (Å²) in [7, 11) is 0. The average Bonchev–Trinajstić information content (AvgIpc) is 2.86. The topological polar surface area (TPSA) is 49.3 Å². The van der Waals surface area contributed by atoms with Gasteiger partial charge in [0.1, 0.15) is 0 Å². The van der Waals surface area contributed by atoms with Gasteiger partial charge < -0.3 is 10.4 Å². The largest absolute Gasteiger partial charge is 0.395 e. The smallest absolute Gasteiger partial charge is 0.251 e. The fraction of sp³-hybridized carbons (Fsp3) is 0.500. The highest BCUT2D eigenvalue weighted by Crippen LogP contribution is 2.24. The van der Waals surface area contributed by atoms with Gasteiger partial charge in [0.25, 0.3) is 5.91 Å². The third-order valence-corrected chi connectivity index (χ3v) is 3.99. The summed E-state index contributed by atoms with van der Waals surface area (Å²) in [6.07, 6.45) is 3.79. The Bertz CT molecular complexity index is 568. The van der Waals surface area contributed by atoms with Crippen molar-refractivity contribution < 1.29 is 9.90 Å². The lowest BCUT2D eigenvalue weighted by Gasteiger charge is -2.13. The molecule has 1 aromatic rings. The zero-order valence-electron chi connectivity index (χ0n) is 12.8. The number of hydrogen-bond donors (Lipinski definition) is 2. The number of carbonyl (C=O) groups is 1. The number of nitrogens with one attached hydrogen (secondary N) is 1. The maximum Gasteiger partial charge on any atom is 0.251 e. The molecule has 1 aliphatic rings. The van der Waals surface area contributed by atoms with Crippen LogP contribution in [0.1, 0.15) is 54.1 Å². The van der Waals surface area contributed by atoms with Crippen LogP contribution < -0.4 is 5.32 Å². The van der Waals surface area contributed by atoms with Crippen molar-refractivity contribution in [2.75, 3.05) is 6.61 Å². The minimum absolute atomic E-state index is 0.0145. The van der Waals surface area contributed by atoms with Crippen LogP contribution in [-0.4, -0.2) is 23.7 Å². The highest BCUT2D eigenvalue weighted by atomic mass is 16.2. The third-order valence-electron chi connectivity index (χ3n) is 3.99. The second kappa shape index (κ2) is 7.28. The Labute approximate surface area is 126 Å². The Morgan fingerprint density at radius 3 is 2.90 bits per heavy atom. The molecular weight excluding hydrogens is 262 g/mol. The molecular formula is C18H23NO2. The van der Waals surface area contributed by atoms with Gasteiger partial charge in [0.2, 0.25) is 0 Å². The van der Waals surface area contributed by atoms with Gasteiger partial charge in [-0.3, -0.25) is 4.79 Å². The molecule has 1 saturated carbocycles. The van der Waals surface area contributed by atoms with E-state index in [1.54, 1.807) is 0 Å². The molecule has 21 heavy (non-hydrogen) atoms. The van der Waals surface area contributed by atoms with Crippen LogP contribution in [-0.2, 0) is 0 Å². The van der Waals surface area contributed by atoms with Gasteiger partial charge in [-0.15, -0.1) is 0 Å². The molecule has 0 saturated heterocycles. The van der Waals surface area contributed by atoms with E-state index < -0.39 is 0 Å². The lowest BCUT2D eigenvalue weighted by atomic mass is 10.0. The van der Waals surface area contributed by atoms with Crippen molar-refractivity contribution in [3.05, 3.63) is 34.9 Å². The summed E-state index contributed by atoms with van der Waals surface area (Å²) >= 11 is 0. The maximum atomic E-state index is 12.3. The van der Waals surface area contributed by atoms with Gasteiger partial charge in [0, 0.05) is 23.6 Å². The first kappa shape index (κ1) is 15.6. The Kier molecular flexibility index (Phi) is 5.41. The molecule has 2 unspecified atom stereocenters. The number of aliphatic hydroxyl groups is 1. The number of aliphatic hydroxyl groups excluding tert-OH is 1. The Hall–Kier alpha value is -1.79. The number of rotatable bonds is 3. The molecule has 0 radical (unpaired) electrons. The van der Waals surface area contributed by atoms with Crippen molar-refractivity contribution >= 4 is 5.91 Å². The SMILES string of the molecule is Cc1ccc(C(=O)NC2CCC(C)C2)cc1C#CCCO. The minimum atomic E-state index is -0.0145. The number of benzene rings is 1. The van der Waals surface area contributed by atoms with Gasteiger partial charge in [0.15, 0.2) is 0 Å². The van der Waals surface area contributed by atoms with E-state index in [1.165, 1.54) is 6.42 Å². The molecule has 1 fully saturated rings. The van der Waals surface area contributed by atoms with Gasteiger partial charge in [0.05, 0.1) is 6.61 Å². The molecule has 0 heterocycles. The van der Waals surface area contributed by atoms with Crippen molar-refractivity contribution in [2.45, 2.75) is 45.6 Å². The Morgan fingerprint density at radius 2 is 2.24 bits per heavy atom. The second-order valence-corrected chi connectivity index (χ2v) is 5.89. The van der Waals surface area contributed by atoms with Crippen molar-refractivity contribution in [2.24, 2.45) is 5.92 Å². The number of hydrogen-bond acceptors (Lipinski definition) is 2. The summed E-state index contributed by atoms with van der Waals surface area (Å²) in [6, 6.07) is 5.92. The molecule has 112 valence electrons. The molecule has 0 bridgehead atoms. The van der Waals surface area contributed by atoms with Crippen LogP contribution in [0.25, 0.3) is 0 Å². The minimum Gasteiger partial charge on any atom is -0.395 e. The molecule has 0 aliphatic heterocycles. The standard InChI is InChI=1S/C18H23NO2/c1-13-6-9-17(11-13)19-18(21)16-8-7-14(2)15(12-16)5-3-4-10-20/h7-8,12-13,17,20H,4,6,9-11H2,1-2H3,(H,19,21). The molecule has 0 spiro atoms. The summed E-state index contributed by atoms with van der Waals surface area (Å²) in [6.45, 7) is 4.27. The first-order chi connectivity index (χ1) is 10.1. The fourth-order valence-electron chi connectivity index (χ4n) is 2.72. The molecule has 1 aromatic carbocycles. The van der Waals surface area contributed by atoms with E-state index >= 15 is 0 Å². The van der Waals surface area contributed by atoms with Crippen LogP contribution in [0.3, 0.4) is 0 Å². The zero-order chi connectivity index (χ0) is 15.2. The van der Waals surface area contributed by atoms with Crippen molar-refractivity contribution in [1.29, 1.82) is 0 Å². The molecule has 0 aromatic heterocycles.